The molecule has 0 fully saturated rings. The van der Waals surface area contributed by atoms with E-state index < -0.39 is 0 Å². The van der Waals surface area contributed by atoms with Gasteiger partial charge in [0, 0.05) is 6.54 Å². The van der Waals surface area contributed by atoms with Crippen molar-refractivity contribution in [3.63, 3.8) is 0 Å². The Labute approximate surface area is 116 Å². The van der Waals surface area contributed by atoms with Crippen LogP contribution in [0.2, 0.25) is 0 Å². The van der Waals surface area contributed by atoms with Crippen LogP contribution in [-0.2, 0) is 0 Å². The van der Waals surface area contributed by atoms with Gasteiger partial charge in [-0.25, -0.2) is 0 Å². The predicted octanol–water partition coefficient (Wildman–Crippen LogP) is 3.37. The molecule has 0 aromatic carbocycles. The Morgan fingerprint density at radius 1 is 1.11 bits per heavy atom. The molecule has 19 heavy (non-hydrogen) atoms. The molecule has 1 unspecified atom stereocenters. The van der Waals surface area contributed by atoms with E-state index in [0.29, 0.717) is 11.9 Å². The van der Waals surface area contributed by atoms with Crippen molar-refractivity contribution in [3.05, 3.63) is 5.89 Å². The minimum atomic E-state index is 0.115. The van der Waals surface area contributed by atoms with E-state index in [0.717, 1.165) is 31.8 Å². The van der Waals surface area contributed by atoms with Crippen molar-refractivity contribution in [1.29, 1.82) is 0 Å². The van der Waals surface area contributed by atoms with Crippen LogP contribution in [-0.4, -0.2) is 23.3 Å². The smallest absolute Gasteiger partial charge is 0.315 e. The Balaban J connectivity index is 2.23. The normalized spacial score (nSPS) is 12.9. The minimum absolute atomic E-state index is 0.115. The highest BCUT2D eigenvalue weighted by Crippen LogP contribution is 2.14. The molecule has 2 N–H and O–H groups in total. The second kappa shape index (κ2) is 8.91. The first-order valence-electron chi connectivity index (χ1n) is 7.44. The molecule has 0 aliphatic rings. The van der Waals surface area contributed by atoms with Crippen LogP contribution in [0.15, 0.2) is 4.42 Å². The lowest BCUT2D eigenvalue weighted by Crippen LogP contribution is -2.19. The molecule has 0 aliphatic heterocycles. The van der Waals surface area contributed by atoms with Crippen LogP contribution in [0.1, 0.15) is 65.3 Å². The fraction of sp³-hybridized carbons (Fsp3) is 0.857. The van der Waals surface area contributed by atoms with Crippen molar-refractivity contribution < 1.29 is 4.42 Å². The van der Waals surface area contributed by atoms with Crippen molar-refractivity contribution in [2.45, 2.75) is 59.4 Å². The number of hydrogen-bond donors (Lipinski definition) is 2. The second-order valence-corrected chi connectivity index (χ2v) is 5.44. The molecule has 1 aromatic heterocycles. The fourth-order valence-electron chi connectivity index (χ4n) is 1.80. The van der Waals surface area contributed by atoms with Gasteiger partial charge in [0.15, 0.2) is 0 Å². The number of unbranched alkanes of at least 4 members (excludes halogenated alkanes) is 1. The van der Waals surface area contributed by atoms with Crippen molar-refractivity contribution in [2.75, 3.05) is 18.4 Å². The summed E-state index contributed by atoms with van der Waals surface area (Å²) in [6.07, 6.45) is 4.74. The summed E-state index contributed by atoms with van der Waals surface area (Å²) in [5.74, 6) is 1.43. The van der Waals surface area contributed by atoms with Crippen LogP contribution < -0.4 is 10.6 Å². The Kier molecular flexibility index (Phi) is 7.48. The molecular weight excluding hydrogens is 240 g/mol. The number of aromatic nitrogens is 2. The molecule has 1 atom stereocenters. The minimum Gasteiger partial charge on any atom is -0.406 e. The summed E-state index contributed by atoms with van der Waals surface area (Å²) in [5.41, 5.74) is 0. The summed E-state index contributed by atoms with van der Waals surface area (Å²) in [4.78, 5) is 0. The van der Waals surface area contributed by atoms with Crippen molar-refractivity contribution in [3.8, 4) is 0 Å². The first-order chi connectivity index (χ1) is 9.13. The molecule has 0 spiro atoms. The van der Waals surface area contributed by atoms with Crippen molar-refractivity contribution in [1.82, 2.24) is 15.5 Å². The van der Waals surface area contributed by atoms with Gasteiger partial charge in [0.2, 0.25) is 5.89 Å². The molecule has 1 aromatic rings. The van der Waals surface area contributed by atoms with E-state index in [-0.39, 0.29) is 6.04 Å². The monoisotopic (exact) mass is 268 g/mol. The molecule has 0 saturated heterocycles. The fourth-order valence-corrected chi connectivity index (χ4v) is 1.80. The highest BCUT2D eigenvalue weighted by Gasteiger charge is 2.12. The Hall–Kier alpha value is -1.10. The zero-order valence-corrected chi connectivity index (χ0v) is 12.7. The Morgan fingerprint density at radius 2 is 1.89 bits per heavy atom. The molecule has 0 amide bonds. The molecule has 0 saturated carbocycles. The predicted molar refractivity (Wildman–Crippen MR) is 78.2 cm³/mol. The van der Waals surface area contributed by atoms with E-state index in [4.69, 9.17) is 4.42 Å². The number of nitrogens with one attached hydrogen (secondary N) is 2. The van der Waals surface area contributed by atoms with Gasteiger partial charge in [-0.05, 0) is 32.2 Å². The van der Waals surface area contributed by atoms with Crippen molar-refractivity contribution in [2.24, 2.45) is 5.92 Å². The van der Waals surface area contributed by atoms with Gasteiger partial charge >= 0.3 is 6.01 Å². The zero-order valence-electron chi connectivity index (χ0n) is 12.7. The lowest BCUT2D eigenvalue weighted by atomic mass is 10.1. The van der Waals surface area contributed by atoms with Crippen LogP contribution in [0.4, 0.5) is 6.01 Å². The summed E-state index contributed by atoms with van der Waals surface area (Å²) in [5, 5.41) is 14.6. The molecule has 1 rings (SSSR count). The van der Waals surface area contributed by atoms with Crippen LogP contribution in [0.3, 0.4) is 0 Å². The molecule has 110 valence electrons. The second-order valence-electron chi connectivity index (χ2n) is 5.44. The van der Waals surface area contributed by atoms with Gasteiger partial charge in [-0.2, -0.15) is 0 Å². The van der Waals surface area contributed by atoms with Crippen LogP contribution in [0, 0.1) is 5.92 Å². The topological polar surface area (TPSA) is 63.0 Å². The maximum absolute atomic E-state index is 5.57. The number of nitrogens with zero attached hydrogens (tertiary/aromatic N) is 2. The summed E-state index contributed by atoms with van der Waals surface area (Å²) >= 11 is 0. The first-order valence-corrected chi connectivity index (χ1v) is 7.44. The third-order valence-corrected chi connectivity index (χ3v) is 3.00. The van der Waals surface area contributed by atoms with E-state index in [2.05, 4.69) is 41.6 Å². The molecule has 5 nitrogen and oxygen atoms in total. The lowest BCUT2D eigenvalue weighted by Gasteiger charge is -2.07. The van der Waals surface area contributed by atoms with Gasteiger partial charge in [-0.3, -0.25) is 0 Å². The number of hydrogen-bond acceptors (Lipinski definition) is 5. The van der Waals surface area contributed by atoms with Crippen LogP contribution in [0.25, 0.3) is 0 Å². The summed E-state index contributed by atoms with van der Waals surface area (Å²) in [7, 11) is 0. The number of rotatable bonds is 10. The summed E-state index contributed by atoms with van der Waals surface area (Å²) < 4.78 is 5.57. The van der Waals surface area contributed by atoms with Crippen molar-refractivity contribution >= 4 is 6.01 Å². The van der Waals surface area contributed by atoms with Gasteiger partial charge in [0.25, 0.3) is 0 Å². The van der Waals surface area contributed by atoms with E-state index in [1.165, 1.54) is 12.8 Å². The molecular formula is C14H28N4O. The highest BCUT2D eigenvalue weighted by molar-refractivity contribution is 5.16. The van der Waals surface area contributed by atoms with Gasteiger partial charge in [0.1, 0.15) is 0 Å². The maximum Gasteiger partial charge on any atom is 0.315 e. The third kappa shape index (κ3) is 6.57. The van der Waals surface area contributed by atoms with Gasteiger partial charge in [0.05, 0.1) is 6.04 Å². The van der Waals surface area contributed by atoms with E-state index in [9.17, 15) is 0 Å². The van der Waals surface area contributed by atoms with E-state index in [1.807, 2.05) is 6.92 Å². The molecule has 1 heterocycles. The molecule has 5 heteroatoms. The molecule has 0 radical (unpaired) electrons. The summed E-state index contributed by atoms with van der Waals surface area (Å²) in [6.45, 7) is 10.5. The summed E-state index contributed by atoms with van der Waals surface area (Å²) in [6, 6.07) is 0.647. The Morgan fingerprint density at radius 3 is 2.58 bits per heavy atom. The quantitative estimate of drug-likeness (QED) is 0.637. The third-order valence-electron chi connectivity index (χ3n) is 3.00. The first kappa shape index (κ1) is 16.0. The number of anilines is 1. The van der Waals surface area contributed by atoms with Gasteiger partial charge in [-0.15, -0.1) is 5.10 Å². The van der Waals surface area contributed by atoms with Gasteiger partial charge < -0.3 is 15.1 Å². The zero-order chi connectivity index (χ0) is 14.1. The van der Waals surface area contributed by atoms with Crippen LogP contribution >= 0.6 is 0 Å². The average Bonchev–Trinajstić information content (AvgIpc) is 2.84. The average molecular weight is 268 g/mol. The SMILES string of the molecule is CCCNC(C)c1nnc(NCCCCC(C)C)o1. The van der Waals surface area contributed by atoms with E-state index >= 15 is 0 Å². The standard InChI is InChI=1S/C14H28N4O/c1-5-9-15-12(4)13-17-18-14(19-13)16-10-7-6-8-11(2)3/h11-12,15H,5-10H2,1-4H3,(H,16,18). The molecule has 0 aliphatic carbocycles. The highest BCUT2D eigenvalue weighted by atomic mass is 16.4. The van der Waals surface area contributed by atoms with Crippen LogP contribution in [0.5, 0.6) is 0 Å². The Bertz CT molecular complexity index is 338. The maximum atomic E-state index is 5.57. The largest absolute Gasteiger partial charge is 0.406 e. The molecule has 0 bridgehead atoms. The lowest BCUT2D eigenvalue weighted by molar-refractivity contribution is 0.422. The van der Waals surface area contributed by atoms with E-state index in [1.54, 1.807) is 0 Å². The van der Waals surface area contributed by atoms with Gasteiger partial charge in [-0.1, -0.05) is 38.7 Å².